The zero-order valence-electron chi connectivity index (χ0n) is 12.5. The number of hydrogen-bond donors (Lipinski definition) is 1. The molecular weight excluding hydrogens is 222 g/mol. The summed E-state index contributed by atoms with van der Waals surface area (Å²) in [4.78, 5) is 0. The van der Waals surface area contributed by atoms with Gasteiger partial charge >= 0.3 is 0 Å². The Morgan fingerprint density at radius 1 is 1.00 bits per heavy atom. The van der Waals surface area contributed by atoms with Gasteiger partial charge in [0.25, 0.3) is 0 Å². The second-order valence-electron chi connectivity index (χ2n) is 5.78. The first kappa shape index (κ1) is 16.0. The predicted molar refractivity (Wildman–Crippen MR) is 79.0 cm³/mol. The van der Waals surface area contributed by atoms with Crippen LogP contribution in [0.1, 0.15) is 71.1 Å². The summed E-state index contributed by atoms with van der Waals surface area (Å²) in [6.07, 6.45) is 13.9. The van der Waals surface area contributed by atoms with Crippen LogP contribution in [0.15, 0.2) is 0 Å². The Balaban J connectivity index is 1.93. The van der Waals surface area contributed by atoms with E-state index in [1.54, 1.807) is 0 Å². The number of ether oxygens (including phenoxy) is 1. The lowest BCUT2D eigenvalue weighted by atomic mass is 9.90. The first-order chi connectivity index (χ1) is 8.88. The molecule has 2 nitrogen and oxygen atoms in total. The minimum Gasteiger partial charge on any atom is -0.381 e. The van der Waals surface area contributed by atoms with Crippen LogP contribution in [0.5, 0.6) is 0 Å². The summed E-state index contributed by atoms with van der Waals surface area (Å²) < 4.78 is 5.60. The number of nitrogens with one attached hydrogen (secondary N) is 1. The van der Waals surface area contributed by atoms with Crippen molar-refractivity contribution in [3.05, 3.63) is 0 Å². The summed E-state index contributed by atoms with van der Waals surface area (Å²) >= 11 is 0. The van der Waals surface area contributed by atoms with Gasteiger partial charge in [0, 0.05) is 12.6 Å². The van der Waals surface area contributed by atoms with E-state index in [2.05, 4.69) is 19.3 Å². The second kappa shape index (κ2) is 10.8. The Hall–Kier alpha value is -0.0800. The van der Waals surface area contributed by atoms with Crippen LogP contribution < -0.4 is 5.32 Å². The molecule has 0 aromatic carbocycles. The molecule has 2 unspecified atom stereocenters. The number of hydrogen-bond acceptors (Lipinski definition) is 2. The molecule has 0 spiro atoms. The average molecular weight is 255 g/mol. The van der Waals surface area contributed by atoms with Crippen molar-refractivity contribution in [1.82, 2.24) is 5.32 Å². The maximum absolute atomic E-state index is 5.60. The van der Waals surface area contributed by atoms with Crippen molar-refractivity contribution in [3.8, 4) is 0 Å². The third-order valence-electron chi connectivity index (χ3n) is 4.27. The smallest absolute Gasteiger partial charge is 0.0509 e. The van der Waals surface area contributed by atoms with E-state index in [1.807, 2.05) is 0 Å². The van der Waals surface area contributed by atoms with Crippen molar-refractivity contribution in [2.45, 2.75) is 77.2 Å². The van der Waals surface area contributed by atoms with Gasteiger partial charge < -0.3 is 10.1 Å². The fourth-order valence-electron chi connectivity index (χ4n) is 3.00. The fraction of sp³-hybridized carbons (Fsp3) is 1.00. The van der Waals surface area contributed by atoms with Gasteiger partial charge in [0.1, 0.15) is 0 Å². The minimum absolute atomic E-state index is 0.698. The van der Waals surface area contributed by atoms with E-state index < -0.39 is 0 Å². The van der Waals surface area contributed by atoms with Crippen LogP contribution in [-0.4, -0.2) is 26.3 Å². The van der Waals surface area contributed by atoms with E-state index in [0.29, 0.717) is 6.04 Å². The third kappa shape index (κ3) is 6.75. The maximum Gasteiger partial charge on any atom is 0.0509 e. The van der Waals surface area contributed by atoms with Gasteiger partial charge in [-0.2, -0.15) is 0 Å². The maximum atomic E-state index is 5.60. The minimum atomic E-state index is 0.698. The topological polar surface area (TPSA) is 21.3 Å². The Morgan fingerprint density at radius 3 is 2.33 bits per heavy atom. The highest BCUT2D eigenvalue weighted by atomic mass is 16.5. The van der Waals surface area contributed by atoms with Crippen LogP contribution in [-0.2, 0) is 4.74 Å². The molecule has 0 aliphatic carbocycles. The lowest BCUT2D eigenvalue weighted by Gasteiger charge is -2.31. The molecule has 0 aromatic rings. The molecule has 1 N–H and O–H groups in total. The zero-order valence-corrected chi connectivity index (χ0v) is 12.5. The van der Waals surface area contributed by atoms with Crippen LogP contribution in [0, 0.1) is 5.92 Å². The van der Waals surface area contributed by atoms with Crippen LogP contribution in [0.25, 0.3) is 0 Å². The molecule has 0 bridgehead atoms. The number of unbranched alkanes of at least 4 members (excludes halogenated alkanes) is 7. The molecule has 0 saturated carbocycles. The number of rotatable bonds is 10. The molecule has 2 heteroatoms. The van der Waals surface area contributed by atoms with Crippen molar-refractivity contribution in [2.24, 2.45) is 5.92 Å². The highest BCUT2D eigenvalue weighted by molar-refractivity contribution is 4.78. The largest absolute Gasteiger partial charge is 0.381 e. The monoisotopic (exact) mass is 255 g/mol. The van der Waals surface area contributed by atoms with Crippen LogP contribution in [0.3, 0.4) is 0 Å². The normalized spacial score (nSPS) is 24.3. The van der Waals surface area contributed by atoms with E-state index >= 15 is 0 Å². The van der Waals surface area contributed by atoms with Crippen molar-refractivity contribution in [3.63, 3.8) is 0 Å². The Morgan fingerprint density at radius 2 is 1.67 bits per heavy atom. The molecule has 108 valence electrons. The van der Waals surface area contributed by atoms with Gasteiger partial charge in [0.05, 0.1) is 6.61 Å². The summed E-state index contributed by atoms with van der Waals surface area (Å²) in [5, 5.41) is 3.45. The van der Waals surface area contributed by atoms with E-state index in [0.717, 1.165) is 19.1 Å². The SMILES string of the molecule is CCCCCCCCCCC1COCCC1NC. The summed E-state index contributed by atoms with van der Waals surface area (Å²) in [6, 6.07) is 0.698. The van der Waals surface area contributed by atoms with E-state index in [1.165, 1.54) is 64.2 Å². The van der Waals surface area contributed by atoms with E-state index in [-0.39, 0.29) is 0 Å². The highest BCUT2D eigenvalue weighted by Crippen LogP contribution is 2.21. The first-order valence-corrected chi connectivity index (χ1v) is 8.13. The molecule has 1 saturated heterocycles. The summed E-state index contributed by atoms with van der Waals surface area (Å²) in [5.41, 5.74) is 0. The molecule has 1 aliphatic rings. The quantitative estimate of drug-likeness (QED) is 0.592. The van der Waals surface area contributed by atoms with Crippen LogP contribution in [0.4, 0.5) is 0 Å². The van der Waals surface area contributed by atoms with Crippen molar-refractivity contribution < 1.29 is 4.74 Å². The van der Waals surface area contributed by atoms with E-state index in [9.17, 15) is 0 Å². The predicted octanol–water partition coefficient (Wildman–Crippen LogP) is 4.14. The second-order valence-corrected chi connectivity index (χ2v) is 5.78. The standard InChI is InChI=1S/C16H33NO/c1-3-4-5-6-7-8-9-10-11-15-14-18-13-12-16(15)17-2/h15-17H,3-14H2,1-2H3. The van der Waals surface area contributed by atoms with Gasteiger partial charge in [-0.1, -0.05) is 58.3 Å². The van der Waals surface area contributed by atoms with Crippen LogP contribution in [0.2, 0.25) is 0 Å². The van der Waals surface area contributed by atoms with Crippen molar-refractivity contribution >= 4 is 0 Å². The molecule has 1 fully saturated rings. The Kier molecular flexibility index (Phi) is 9.59. The first-order valence-electron chi connectivity index (χ1n) is 8.13. The fourth-order valence-corrected chi connectivity index (χ4v) is 3.00. The summed E-state index contributed by atoms with van der Waals surface area (Å²) in [6.45, 7) is 4.20. The molecule has 1 aliphatic heterocycles. The van der Waals surface area contributed by atoms with Crippen LogP contribution >= 0.6 is 0 Å². The van der Waals surface area contributed by atoms with Gasteiger partial charge in [0.15, 0.2) is 0 Å². The molecule has 1 rings (SSSR count). The summed E-state index contributed by atoms with van der Waals surface area (Å²) in [5.74, 6) is 0.754. The highest BCUT2D eigenvalue weighted by Gasteiger charge is 2.23. The van der Waals surface area contributed by atoms with Gasteiger partial charge in [-0.3, -0.25) is 0 Å². The van der Waals surface area contributed by atoms with E-state index in [4.69, 9.17) is 4.74 Å². The van der Waals surface area contributed by atoms with Gasteiger partial charge in [-0.25, -0.2) is 0 Å². The van der Waals surface area contributed by atoms with Gasteiger partial charge in [-0.05, 0) is 25.8 Å². The molecular formula is C16H33NO. The van der Waals surface area contributed by atoms with Crippen molar-refractivity contribution in [2.75, 3.05) is 20.3 Å². The molecule has 1 heterocycles. The Labute approximate surface area is 114 Å². The van der Waals surface area contributed by atoms with Gasteiger partial charge in [0.2, 0.25) is 0 Å². The lowest BCUT2D eigenvalue weighted by molar-refractivity contribution is 0.0298. The Bertz CT molecular complexity index is 184. The lowest BCUT2D eigenvalue weighted by Crippen LogP contribution is -2.40. The van der Waals surface area contributed by atoms with Gasteiger partial charge in [-0.15, -0.1) is 0 Å². The average Bonchev–Trinajstić information content (AvgIpc) is 2.42. The molecule has 0 aromatic heterocycles. The molecule has 2 atom stereocenters. The molecule has 18 heavy (non-hydrogen) atoms. The summed E-state index contributed by atoms with van der Waals surface area (Å²) in [7, 11) is 2.09. The molecule has 0 amide bonds. The molecule has 0 radical (unpaired) electrons. The third-order valence-corrected chi connectivity index (χ3v) is 4.27. The zero-order chi connectivity index (χ0) is 13.1. The van der Waals surface area contributed by atoms with Crippen molar-refractivity contribution in [1.29, 1.82) is 0 Å².